The van der Waals surface area contributed by atoms with E-state index in [0.717, 1.165) is 18.5 Å². The number of carbonyl (C=O) groups excluding carboxylic acids is 2. The lowest BCUT2D eigenvalue weighted by atomic mass is 10.2. The van der Waals surface area contributed by atoms with Crippen LogP contribution in [0.3, 0.4) is 0 Å². The summed E-state index contributed by atoms with van der Waals surface area (Å²) in [4.78, 5) is 24.1. The fourth-order valence-corrected chi connectivity index (χ4v) is 2.32. The van der Waals surface area contributed by atoms with Gasteiger partial charge in [0.1, 0.15) is 5.82 Å². The van der Waals surface area contributed by atoms with E-state index in [-0.39, 0.29) is 16.5 Å². The maximum Gasteiger partial charge on any atom is 0.326 e. The summed E-state index contributed by atoms with van der Waals surface area (Å²) in [5.74, 6) is -1.14. The fourth-order valence-electron chi connectivity index (χ4n) is 2.07. The Morgan fingerprint density at radius 1 is 1.16 bits per heavy atom. The highest BCUT2D eigenvalue weighted by Gasteiger charge is 2.16. The van der Waals surface area contributed by atoms with Crippen LogP contribution >= 0.6 is 11.6 Å². The van der Waals surface area contributed by atoms with Gasteiger partial charge in [-0.25, -0.2) is 9.18 Å². The molecule has 3 aromatic rings. The van der Waals surface area contributed by atoms with Crippen molar-refractivity contribution >= 4 is 29.2 Å². The molecule has 0 aliphatic carbocycles. The lowest BCUT2D eigenvalue weighted by Crippen LogP contribution is -2.34. The van der Waals surface area contributed by atoms with E-state index in [1.165, 1.54) is 6.07 Å². The second-order valence-corrected chi connectivity index (χ2v) is 5.23. The lowest BCUT2D eigenvalue weighted by molar-refractivity contribution is 0.0967. The minimum absolute atomic E-state index is 0.0246. The predicted molar refractivity (Wildman–Crippen MR) is 87.6 cm³/mol. The van der Waals surface area contributed by atoms with Gasteiger partial charge in [-0.3, -0.25) is 10.1 Å². The van der Waals surface area contributed by atoms with Gasteiger partial charge in [-0.15, -0.1) is 10.2 Å². The summed E-state index contributed by atoms with van der Waals surface area (Å²) in [6.45, 7) is 0. The molecule has 0 saturated heterocycles. The average molecular weight is 361 g/mol. The normalized spacial score (nSPS) is 10.3. The maximum atomic E-state index is 13.0. The fraction of sp³-hybridized carbons (Fsp3) is 0. The van der Waals surface area contributed by atoms with Crippen LogP contribution in [0, 0.1) is 5.82 Å². The Kier molecular flexibility index (Phi) is 4.71. The van der Waals surface area contributed by atoms with E-state index in [1.54, 1.807) is 24.3 Å². The molecule has 0 fully saturated rings. The summed E-state index contributed by atoms with van der Waals surface area (Å²) < 4.78 is 18.1. The monoisotopic (exact) mass is 360 g/mol. The third-order valence-corrected chi connectivity index (χ3v) is 3.48. The molecule has 126 valence electrons. The molecule has 0 aliphatic heterocycles. The standard InChI is InChI=1S/C16H10ClFN4O3/c17-12-7-9(18)5-6-10(12)14(23)21-16(24)20-13-4-2-1-3-11(13)15-22-19-8-25-15/h1-8H,(H2,20,21,23,24). The third-order valence-electron chi connectivity index (χ3n) is 3.17. The Balaban J connectivity index is 1.74. The topological polar surface area (TPSA) is 97.1 Å². The molecule has 0 bridgehead atoms. The molecule has 2 N–H and O–H groups in total. The molecule has 0 atom stereocenters. The van der Waals surface area contributed by atoms with Crippen molar-refractivity contribution in [3.63, 3.8) is 0 Å². The zero-order chi connectivity index (χ0) is 17.8. The van der Waals surface area contributed by atoms with Gasteiger partial charge in [0.25, 0.3) is 5.91 Å². The number of anilines is 1. The van der Waals surface area contributed by atoms with E-state index in [0.29, 0.717) is 11.3 Å². The van der Waals surface area contributed by atoms with Crippen LogP contribution in [0.25, 0.3) is 11.5 Å². The molecule has 0 aliphatic rings. The van der Waals surface area contributed by atoms with E-state index in [4.69, 9.17) is 16.0 Å². The zero-order valence-electron chi connectivity index (χ0n) is 12.5. The van der Waals surface area contributed by atoms with Crippen molar-refractivity contribution < 1.29 is 18.4 Å². The molecule has 2 aromatic carbocycles. The Bertz CT molecular complexity index is 931. The summed E-state index contributed by atoms with van der Waals surface area (Å²) in [5.41, 5.74) is 0.827. The van der Waals surface area contributed by atoms with Gasteiger partial charge in [0, 0.05) is 0 Å². The molecule has 0 saturated carbocycles. The molecule has 0 unspecified atom stereocenters. The number of rotatable bonds is 3. The van der Waals surface area contributed by atoms with E-state index >= 15 is 0 Å². The first kappa shape index (κ1) is 16.6. The minimum Gasteiger partial charge on any atom is -0.423 e. The van der Waals surface area contributed by atoms with Crippen molar-refractivity contribution in [2.24, 2.45) is 0 Å². The molecule has 7 nitrogen and oxygen atoms in total. The molecule has 0 spiro atoms. The second kappa shape index (κ2) is 7.10. The van der Waals surface area contributed by atoms with E-state index in [9.17, 15) is 14.0 Å². The number of hydrogen-bond donors (Lipinski definition) is 2. The first-order chi connectivity index (χ1) is 12.0. The quantitative estimate of drug-likeness (QED) is 0.745. The number of halogens is 2. The number of nitrogens with one attached hydrogen (secondary N) is 2. The first-order valence-electron chi connectivity index (χ1n) is 6.97. The number of hydrogen-bond acceptors (Lipinski definition) is 5. The summed E-state index contributed by atoms with van der Waals surface area (Å²) in [6, 6.07) is 9.14. The van der Waals surface area contributed by atoms with Gasteiger partial charge in [0.15, 0.2) is 0 Å². The van der Waals surface area contributed by atoms with Crippen LogP contribution in [-0.2, 0) is 0 Å². The molecule has 0 radical (unpaired) electrons. The number of carbonyl (C=O) groups is 2. The number of amides is 3. The summed E-state index contributed by atoms with van der Waals surface area (Å²) in [5, 5.41) is 11.9. The largest absolute Gasteiger partial charge is 0.423 e. The Hall–Kier alpha value is -3.26. The highest BCUT2D eigenvalue weighted by molar-refractivity contribution is 6.34. The van der Waals surface area contributed by atoms with Gasteiger partial charge < -0.3 is 9.73 Å². The van der Waals surface area contributed by atoms with Crippen LogP contribution in [0.2, 0.25) is 5.02 Å². The average Bonchev–Trinajstić information content (AvgIpc) is 3.09. The van der Waals surface area contributed by atoms with Crippen LogP contribution < -0.4 is 10.6 Å². The van der Waals surface area contributed by atoms with Gasteiger partial charge >= 0.3 is 6.03 Å². The van der Waals surface area contributed by atoms with Crippen LogP contribution in [0.5, 0.6) is 0 Å². The van der Waals surface area contributed by atoms with Crippen molar-refractivity contribution in [2.45, 2.75) is 0 Å². The number of para-hydroxylation sites is 1. The number of aromatic nitrogens is 2. The molecule has 9 heteroatoms. The first-order valence-corrected chi connectivity index (χ1v) is 7.35. The van der Waals surface area contributed by atoms with Gasteiger partial charge in [0.05, 0.1) is 21.8 Å². The van der Waals surface area contributed by atoms with Crippen molar-refractivity contribution in [3.05, 3.63) is 65.3 Å². The highest BCUT2D eigenvalue weighted by atomic mass is 35.5. The number of benzene rings is 2. The molecule has 1 aromatic heterocycles. The zero-order valence-corrected chi connectivity index (χ0v) is 13.2. The number of imide groups is 1. The van der Waals surface area contributed by atoms with Crippen molar-refractivity contribution in [1.29, 1.82) is 0 Å². The molecule has 3 amide bonds. The van der Waals surface area contributed by atoms with Crippen molar-refractivity contribution in [1.82, 2.24) is 15.5 Å². The maximum absolute atomic E-state index is 13.0. The van der Waals surface area contributed by atoms with Crippen LogP contribution in [-0.4, -0.2) is 22.1 Å². The molecule has 25 heavy (non-hydrogen) atoms. The minimum atomic E-state index is -0.794. The van der Waals surface area contributed by atoms with Crippen molar-refractivity contribution in [2.75, 3.05) is 5.32 Å². The van der Waals surface area contributed by atoms with Crippen LogP contribution in [0.1, 0.15) is 10.4 Å². The summed E-state index contributed by atoms with van der Waals surface area (Å²) in [6.07, 6.45) is 1.16. The molecule has 1 heterocycles. The van der Waals surface area contributed by atoms with Gasteiger partial charge in [-0.2, -0.15) is 0 Å². The Morgan fingerprint density at radius 2 is 1.96 bits per heavy atom. The third kappa shape index (κ3) is 3.81. The second-order valence-electron chi connectivity index (χ2n) is 4.82. The lowest BCUT2D eigenvalue weighted by Gasteiger charge is -2.10. The van der Waals surface area contributed by atoms with Crippen LogP contribution in [0.4, 0.5) is 14.9 Å². The molecular formula is C16H10ClFN4O3. The van der Waals surface area contributed by atoms with Crippen molar-refractivity contribution in [3.8, 4) is 11.5 Å². The van der Waals surface area contributed by atoms with E-state index in [2.05, 4.69) is 20.8 Å². The van der Waals surface area contributed by atoms with Gasteiger partial charge in [0.2, 0.25) is 12.3 Å². The smallest absolute Gasteiger partial charge is 0.326 e. The van der Waals surface area contributed by atoms with Gasteiger partial charge in [-0.1, -0.05) is 23.7 Å². The SMILES string of the molecule is O=C(NC(=O)c1ccc(F)cc1Cl)Nc1ccccc1-c1nnco1. The predicted octanol–water partition coefficient (Wildman–Crippen LogP) is 3.49. The molecule has 3 rings (SSSR count). The number of nitrogens with zero attached hydrogens (tertiary/aromatic N) is 2. The molecular weight excluding hydrogens is 351 g/mol. The van der Waals surface area contributed by atoms with Gasteiger partial charge in [-0.05, 0) is 30.3 Å². The van der Waals surface area contributed by atoms with Crippen LogP contribution in [0.15, 0.2) is 53.3 Å². The summed E-state index contributed by atoms with van der Waals surface area (Å²) >= 11 is 5.80. The van der Waals surface area contributed by atoms with E-state index in [1.807, 2.05) is 0 Å². The summed E-state index contributed by atoms with van der Waals surface area (Å²) in [7, 11) is 0. The van der Waals surface area contributed by atoms with E-state index < -0.39 is 17.8 Å². The number of urea groups is 1. The Morgan fingerprint density at radius 3 is 2.68 bits per heavy atom. The Labute approximate surface area is 145 Å². The highest BCUT2D eigenvalue weighted by Crippen LogP contribution is 2.25.